The summed E-state index contributed by atoms with van der Waals surface area (Å²) in [5.74, 6) is -0.553. The standard InChI is InChI=1S/C26H25F3N6O2/c1-17-6-7-18(13-24(17)35-16-22(32-33-35)19-5-4-10-30-15-19)25(36)31-20-8-9-23(34(2)11-12-37-3)21(14-20)26(27,28)29/h4-10,13-16H,11-12H2,1-3H3,(H,31,36). The molecular weight excluding hydrogens is 485 g/mol. The number of carbonyl (C=O) groups is 1. The molecule has 0 spiro atoms. The Morgan fingerprint density at radius 3 is 2.68 bits per heavy atom. The molecule has 4 aromatic rings. The first kappa shape index (κ1) is 25.8. The van der Waals surface area contributed by atoms with Crippen LogP contribution in [0.1, 0.15) is 21.5 Å². The highest BCUT2D eigenvalue weighted by atomic mass is 19.4. The first-order chi connectivity index (χ1) is 17.7. The lowest BCUT2D eigenvalue weighted by atomic mass is 10.1. The quantitative estimate of drug-likeness (QED) is 0.360. The van der Waals surface area contributed by atoms with E-state index in [2.05, 4.69) is 20.6 Å². The van der Waals surface area contributed by atoms with Gasteiger partial charge in [0.25, 0.3) is 5.91 Å². The second kappa shape index (κ2) is 10.8. The van der Waals surface area contributed by atoms with Crippen LogP contribution < -0.4 is 10.2 Å². The number of likely N-dealkylation sites (N-methyl/N-ethyl adjacent to an activating group) is 1. The van der Waals surface area contributed by atoms with Crippen molar-refractivity contribution in [3.63, 3.8) is 0 Å². The Morgan fingerprint density at radius 2 is 1.97 bits per heavy atom. The second-order valence-corrected chi connectivity index (χ2v) is 8.39. The number of halogens is 3. The molecule has 0 atom stereocenters. The van der Waals surface area contributed by atoms with Crippen molar-refractivity contribution in [1.82, 2.24) is 20.0 Å². The zero-order valence-electron chi connectivity index (χ0n) is 20.5. The molecule has 0 radical (unpaired) electrons. The van der Waals surface area contributed by atoms with E-state index in [-0.39, 0.29) is 30.1 Å². The van der Waals surface area contributed by atoms with Gasteiger partial charge in [0.1, 0.15) is 5.69 Å². The van der Waals surface area contributed by atoms with Crippen LogP contribution in [0.2, 0.25) is 0 Å². The van der Waals surface area contributed by atoms with Crippen molar-refractivity contribution in [3.05, 3.63) is 83.8 Å². The van der Waals surface area contributed by atoms with Gasteiger partial charge in [-0.3, -0.25) is 9.78 Å². The van der Waals surface area contributed by atoms with Crippen LogP contribution in [0.25, 0.3) is 16.9 Å². The van der Waals surface area contributed by atoms with E-state index in [1.54, 1.807) is 54.6 Å². The smallest absolute Gasteiger partial charge is 0.383 e. The largest absolute Gasteiger partial charge is 0.418 e. The molecule has 2 aromatic heterocycles. The van der Waals surface area contributed by atoms with Crippen molar-refractivity contribution in [2.24, 2.45) is 0 Å². The fourth-order valence-corrected chi connectivity index (χ4v) is 3.75. The predicted octanol–water partition coefficient (Wildman–Crippen LogP) is 4.99. The number of benzene rings is 2. The molecule has 1 amide bonds. The number of anilines is 2. The zero-order chi connectivity index (χ0) is 26.6. The summed E-state index contributed by atoms with van der Waals surface area (Å²) in [6, 6.07) is 12.3. The van der Waals surface area contributed by atoms with E-state index in [4.69, 9.17) is 4.74 Å². The molecule has 4 rings (SSSR count). The highest BCUT2D eigenvalue weighted by Crippen LogP contribution is 2.38. The lowest BCUT2D eigenvalue weighted by molar-refractivity contribution is -0.137. The van der Waals surface area contributed by atoms with Crippen molar-refractivity contribution in [1.29, 1.82) is 0 Å². The summed E-state index contributed by atoms with van der Waals surface area (Å²) >= 11 is 0. The number of methoxy groups -OCH3 is 1. The van der Waals surface area contributed by atoms with Gasteiger partial charge in [0.2, 0.25) is 0 Å². The average molecular weight is 511 g/mol. The maximum absolute atomic E-state index is 13.8. The molecule has 11 heteroatoms. The normalized spacial score (nSPS) is 11.4. The summed E-state index contributed by atoms with van der Waals surface area (Å²) in [4.78, 5) is 18.5. The van der Waals surface area contributed by atoms with Crippen molar-refractivity contribution in [2.45, 2.75) is 13.1 Å². The maximum atomic E-state index is 13.8. The minimum atomic E-state index is -4.60. The first-order valence-electron chi connectivity index (χ1n) is 11.3. The average Bonchev–Trinajstić information content (AvgIpc) is 3.37. The number of hydrogen-bond acceptors (Lipinski definition) is 6. The maximum Gasteiger partial charge on any atom is 0.418 e. The van der Waals surface area contributed by atoms with Gasteiger partial charge >= 0.3 is 6.18 Å². The highest BCUT2D eigenvalue weighted by molar-refractivity contribution is 6.04. The summed E-state index contributed by atoms with van der Waals surface area (Å²) in [7, 11) is 3.04. The SMILES string of the molecule is COCCN(C)c1ccc(NC(=O)c2ccc(C)c(-n3cc(-c4cccnc4)nn3)c2)cc1C(F)(F)F. The fraction of sp³-hybridized carbons (Fsp3) is 0.231. The number of pyridine rings is 1. The zero-order valence-corrected chi connectivity index (χ0v) is 20.5. The summed E-state index contributed by atoms with van der Waals surface area (Å²) in [5.41, 5.74) is 2.28. The first-order valence-corrected chi connectivity index (χ1v) is 11.3. The summed E-state index contributed by atoms with van der Waals surface area (Å²) in [6.07, 6.45) is 0.439. The molecule has 2 heterocycles. The van der Waals surface area contributed by atoms with E-state index in [1.165, 1.54) is 24.1 Å². The van der Waals surface area contributed by atoms with Crippen molar-refractivity contribution < 1.29 is 22.7 Å². The van der Waals surface area contributed by atoms with E-state index in [9.17, 15) is 18.0 Å². The number of amides is 1. The minimum absolute atomic E-state index is 0.00391. The molecule has 0 unspecified atom stereocenters. The molecule has 1 N–H and O–H groups in total. The van der Waals surface area contributed by atoms with Gasteiger partial charge < -0.3 is 15.0 Å². The van der Waals surface area contributed by atoms with Gasteiger partial charge in [-0.1, -0.05) is 11.3 Å². The van der Waals surface area contributed by atoms with Crippen LogP contribution in [0.3, 0.4) is 0 Å². The van der Waals surface area contributed by atoms with E-state index in [0.717, 1.165) is 17.2 Å². The number of hydrogen-bond donors (Lipinski definition) is 1. The molecule has 0 aliphatic rings. The van der Waals surface area contributed by atoms with Crippen LogP contribution >= 0.6 is 0 Å². The fourth-order valence-electron chi connectivity index (χ4n) is 3.75. The van der Waals surface area contributed by atoms with Gasteiger partial charge in [-0.2, -0.15) is 13.2 Å². The number of alkyl halides is 3. The van der Waals surface area contributed by atoms with Gasteiger partial charge in [-0.25, -0.2) is 4.68 Å². The molecule has 0 saturated carbocycles. The number of aryl methyl sites for hydroxylation is 1. The molecule has 8 nitrogen and oxygen atoms in total. The van der Waals surface area contributed by atoms with Crippen LogP contribution in [0.15, 0.2) is 67.1 Å². The number of ether oxygens (including phenoxy) is 1. The molecule has 192 valence electrons. The summed E-state index contributed by atoms with van der Waals surface area (Å²) in [5, 5.41) is 10.9. The highest BCUT2D eigenvalue weighted by Gasteiger charge is 2.35. The van der Waals surface area contributed by atoms with Gasteiger partial charge in [0, 0.05) is 55.6 Å². The number of carbonyl (C=O) groups excluding carboxylic acids is 1. The second-order valence-electron chi connectivity index (χ2n) is 8.39. The molecule has 0 bridgehead atoms. The van der Waals surface area contributed by atoms with Crippen LogP contribution in [0, 0.1) is 6.92 Å². The van der Waals surface area contributed by atoms with E-state index < -0.39 is 17.6 Å². The van der Waals surface area contributed by atoms with Gasteiger partial charge in [-0.15, -0.1) is 5.10 Å². The van der Waals surface area contributed by atoms with Crippen LogP contribution in [-0.2, 0) is 10.9 Å². The third-order valence-corrected chi connectivity index (χ3v) is 5.77. The lowest BCUT2D eigenvalue weighted by Gasteiger charge is -2.24. The van der Waals surface area contributed by atoms with E-state index in [0.29, 0.717) is 11.4 Å². The Morgan fingerprint density at radius 1 is 1.16 bits per heavy atom. The number of aromatic nitrogens is 4. The number of rotatable bonds is 8. The Balaban J connectivity index is 1.59. The third-order valence-electron chi connectivity index (χ3n) is 5.77. The number of nitrogens with zero attached hydrogens (tertiary/aromatic N) is 5. The van der Waals surface area contributed by atoms with Crippen molar-refractivity contribution in [3.8, 4) is 16.9 Å². The summed E-state index contributed by atoms with van der Waals surface area (Å²) < 4.78 is 47.9. The molecule has 37 heavy (non-hydrogen) atoms. The van der Waals surface area contributed by atoms with Crippen LogP contribution in [-0.4, -0.2) is 53.2 Å². The topological polar surface area (TPSA) is 85.2 Å². The van der Waals surface area contributed by atoms with Gasteiger partial charge in [-0.05, 0) is 55.0 Å². The molecule has 0 aliphatic carbocycles. The van der Waals surface area contributed by atoms with Gasteiger partial charge in [0.15, 0.2) is 0 Å². The minimum Gasteiger partial charge on any atom is -0.383 e. The van der Waals surface area contributed by atoms with Gasteiger partial charge in [0.05, 0.1) is 24.1 Å². The Bertz CT molecular complexity index is 1390. The molecule has 0 fully saturated rings. The lowest BCUT2D eigenvalue weighted by Crippen LogP contribution is -2.25. The third kappa shape index (κ3) is 5.95. The Hall–Kier alpha value is -4.25. The van der Waals surface area contributed by atoms with Crippen LogP contribution in [0.4, 0.5) is 24.5 Å². The van der Waals surface area contributed by atoms with E-state index >= 15 is 0 Å². The van der Waals surface area contributed by atoms with Crippen LogP contribution in [0.5, 0.6) is 0 Å². The van der Waals surface area contributed by atoms with E-state index in [1.807, 2.05) is 13.0 Å². The Labute approximate surface area is 211 Å². The Kier molecular flexibility index (Phi) is 7.53. The monoisotopic (exact) mass is 510 g/mol. The number of nitrogens with one attached hydrogen (secondary N) is 1. The molecule has 0 aliphatic heterocycles. The van der Waals surface area contributed by atoms with Crippen molar-refractivity contribution >= 4 is 17.3 Å². The predicted molar refractivity (Wildman–Crippen MR) is 134 cm³/mol. The summed E-state index contributed by atoms with van der Waals surface area (Å²) in [6.45, 7) is 2.41. The molecular formula is C26H25F3N6O2. The van der Waals surface area contributed by atoms with Crippen molar-refractivity contribution in [2.75, 3.05) is 37.5 Å². The molecule has 2 aromatic carbocycles. The molecule has 0 saturated heterocycles.